The van der Waals surface area contributed by atoms with Gasteiger partial charge in [-0.1, -0.05) is 50.6 Å². The Bertz CT molecular complexity index is 1180. The van der Waals surface area contributed by atoms with E-state index in [0.29, 0.717) is 28.2 Å². The van der Waals surface area contributed by atoms with Crippen molar-refractivity contribution in [2.24, 2.45) is 0 Å². The van der Waals surface area contributed by atoms with Crippen LogP contribution in [0.1, 0.15) is 42.3 Å². The molecule has 0 saturated heterocycles. The summed E-state index contributed by atoms with van der Waals surface area (Å²) in [7, 11) is 0. The Morgan fingerprint density at radius 3 is 2.41 bits per heavy atom. The van der Waals surface area contributed by atoms with Gasteiger partial charge < -0.3 is 9.73 Å². The molecule has 0 atom stereocenters. The fraction of sp³-hybridized carbons (Fsp3) is 0.200. The number of hydrogen-bond donors (Lipinski definition) is 1. The van der Waals surface area contributed by atoms with Gasteiger partial charge in [-0.25, -0.2) is 4.98 Å². The maximum absolute atomic E-state index is 12.5. The van der Waals surface area contributed by atoms with Gasteiger partial charge in [0.15, 0.2) is 5.58 Å². The number of benzene rings is 3. The number of nitrogens with one attached hydrogen (secondary N) is 1. The van der Waals surface area contributed by atoms with Crippen LogP contribution in [-0.4, -0.2) is 10.9 Å². The van der Waals surface area contributed by atoms with Crippen LogP contribution in [0, 0.1) is 6.92 Å². The Labute approximate surface area is 170 Å². The average molecular weight is 384 g/mol. The van der Waals surface area contributed by atoms with Gasteiger partial charge in [0.05, 0.1) is 0 Å². The Morgan fingerprint density at radius 2 is 1.72 bits per heavy atom. The van der Waals surface area contributed by atoms with Crippen molar-refractivity contribution in [3.05, 3.63) is 83.4 Å². The molecule has 0 aliphatic carbocycles. The highest BCUT2D eigenvalue weighted by Crippen LogP contribution is 2.29. The summed E-state index contributed by atoms with van der Waals surface area (Å²) < 4.78 is 5.92. The second kappa shape index (κ2) is 7.21. The first kappa shape index (κ1) is 18.9. The van der Waals surface area contributed by atoms with Gasteiger partial charge in [-0.05, 0) is 60.4 Å². The lowest BCUT2D eigenvalue weighted by atomic mass is 9.87. The number of aromatic nitrogens is 1. The first-order chi connectivity index (χ1) is 13.8. The third-order valence-electron chi connectivity index (χ3n) is 4.92. The predicted molar refractivity (Wildman–Crippen MR) is 117 cm³/mol. The summed E-state index contributed by atoms with van der Waals surface area (Å²) in [6.07, 6.45) is 0. The number of oxazole rings is 1. The van der Waals surface area contributed by atoms with Crippen molar-refractivity contribution in [2.45, 2.75) is 33.1 Å². The molecule has 146 valence electrons. The Morgan fingerprint density at radius 1 is 0.966 bits per heavy atom. The van der Waals surface area contributed by atoms with Crippen molar-refractivity contribution in [3.8, 4) is 11.5 Å². The smallest absolute Gasteiger partial charge is 0.255 e. The van der Waals surface area contributed by atoms with Crippen molar-refractivity contribution >= 4 is 22.7 Å². The van der Waals surface area contributed by atoms with E-state index in [4.69, 9.17) is 4.42 Å². The third kappa shape index (κ3) is 4.06. The molecule has 0 fully saturated rings. The summed E-state index contributed by atoms with van der Waals surface area (Å²) in [5.74, 6) is 0.428. The molecule has 1 N–H and O–H groups in total. The minimum absolute atomic E-state index is 0.101. The van der Waals surface area contributed by atoms with Crippen LogP contribution in [0.3, 0.4) is 0 Å². The zero-order valence-electron chi connectivity index (χ0n) is 17.1. The molecule has 4 rings (SSSR count). The summed E-state index contributed by atoms with van der Waals surface area (Å²) in [4.78, 5) is 17.1. The average Bonchev–Trinajstić information content (AvgIpc) is 3.11. The van der Waals surface area contributed by atoms with E-state index in [2.05, 4.69) is 43.2 Å². The highest BCUT2D eigenvalue weighted by atomic mass is 16.3. The zero-order chi connectivity index (χ0) is 20.6. The van der Waals surface area contributed by atoms with Crippen molar-refractivity contribution in [1.29, 1.82) is 0 Å². The normalized spacial score (nSPS) is 11.6. The lowest BCUT2D eigenvalue weighted by molar-refractivity contribution is 0.102. The number of carbonyl (C=O) groups excluding carboxylic acids is 1. The Kier molecular flexibility index (Phi) is 4.71. The van der Waals surface area contributed by atoms with Gasteiger partial charge in [-0.3, -0.25) is 4.79 Å². The van der Waals surface area contributed by atoms with Gasteiger partial charge in [0.2, 0.25) is 5.89 Å². The largest absolute Gasteiger partial charge is 0.436 e. The number of aryl methyl sites for hydroxylation is 1. The predicted octanol–water partition coefficient (Wildman–Crippen LogP) is 6.35. The van der Waals surface area contributed by atoms with Gasteiger partial charge in [0.25, 0.3) is 5.91 Å². The maximum atomic E-state index is 12.5. The minimum Gasteiger partial charge on any atom is -0.436 e. The molecule has 0 bridgehead atoms. The van der Waals surface area contributed by atoms with E-state index >= 15 is 0 Å². The molecule has 1 heterocycles. The van der Waals surface area contributed by atoms with Crippen LogP contribution in [0.2, 0.25) is 0 Å². The quantitative estimate of drug-likeness (QED) is 0.447. The van der Waals surface area contributed by atoms with E-state index in [1.165, 1.54) is 5.56 Å². The number of nitrogens with zero attached hydrogens (tertiary/aromatic N) is 1. The van der Waals surface area contributed by atoms with Gasteiger partial charge in [0.1, 0.15) is 5.52 Å². The summed E-state index contributed by atoms with van der Waals surface area (Å²) in [5, 5.41) is 2.93. The highest BCUT2D eigenvalue weighted by molar-refractivity contribution is 6.05. The van der Waals surface area contributed by atoms with E-state index in [0.717, 1.165) is 11.1 Å². The van der Waals surface area contributed by atoms with E-state index < -0.39 is 0 Å². The minimum atomic E-state index is -0.144. The molecule has 0 radical (unpaired) electrons. The standard InChI is InChI=1S/C25H24N2O2/c1-16-6-5-7-18(14-16)23(28)26-20-12-13-22-21(15-20)27-24(29-22)17-8-10-19(11-9-17)25(2,3)4/h5-15H,1-4H3,(H,26,28). The summed E-state index contributed by atoms with van der Waals surface area (Å²) in [6, 6.07) is 21.3. The molecule has 1 aromatic heterocycles. The van der Waals surface area contributed by atoms with Crippen molar-refractivity contribution in [1.82, 2.24) is 4.98 Å². The summed E-state index contributed by atoms with van der Waals surface area (Å²) >= 11 is 0. The molecular formula is C25H24N2O2. The zero-order valence-corrected chi connectivity index (χ0v) is 17.1. The van der Waals surface area contributed by atoms with Gasteiger partial charge >= 0.3 is 0 Å². The van der Waals surface area contributed by atoms with Crippen LogP contribution in [0.5, 0.6) is 0 Å². The topological polar surface area (TPSA) is 55.1 Å². The number of hydrogen-bond acceptors (Lipinski definition) is 3. The third-order valence-corrected chi connectivity index (χ3v) is 4.92. The molecule has 0 aliphatic heterocycles. The maximum Gasteiger partial charge on any atom is 0.255 e. The molecule has 4 aromatic rings. The molecule has 0 spiro atoms. The second-order valence-electron chi connectivity index (χ2n) is 8.35. The molecule has 0 unspecified atom stereocenters. The molecule has 0 saturated carbocycles. The van der Waals surface area contributed by atoms with E-state index in [9.17, 15) is 4.79 Å². The van der Waals surface area contributed by atoms with Gasteiger partial charge in [-0.15, -0.1) is 0 Å². The first-order valence-electron chi connectivity index (χ1n) is 9.69. The first-order valence-corrected chi connectivity index (χ1v) is 9.69. The molecule has 4 heteroatoms. The molecular weight excluding hydrogens is 360 g/mol. The lowest BCUT2D eigenvalue weighted by Gasteiger charge is -2.18. The fourth-order valence-electron chi connectivity index (χ4n) is 3.23. The molecule has 29 heavy (non-hydrogen) atoms. The fourth-order valence-corrected chi connectivity index (χ4v) is 3.23. The summed E-state index contributed by atoms with van der Waals surface area (Å²) in [6.45, 7) is 8.53. The Hall–Kier alpha value is -3.40. The highest BCUT2D eigenvalue weighted by Gasteiger charge is 2.15. The van der Waals surface area contributed by atoms with Crippen LogP contribution in [-0.2, 0) is 5.41 Å². The van der Waals surface area contributed by atoms with Crippen LogP contribution in [0.4, 0.5) is 5.69 Å². The van der Waals surface area contributed by atoms with Crippen LogP contribution < -0.4 is 5.32 Å². The van der Waals surface area contributed by atoms with Crippen molar-refractivity contribution in [2.75, 3.05) is 5.32 Å². The van der Waals surface area contributed by atoms with Gasteiger partial charge in [0, 0.05) is 16.8 Å². The van der Waals surface area contributed by atoms with Crippen LogP contribution in [0.15, 0.2) is 71.1 Å². The molecule has 4 nitrogen and oxygen atoms in total. The second-order valence-corrected chi connectivity index (χ2v) is 8.35. The monoisotopic (exact) mass is 384 g/mol. The van der Waals surface area contributed by atoms with E-state index in [-0.39, 0.29) is 11.3 Å². The van der Waals surface area contributed by atoms with Crippen LogP contribution in [0.25, 0.3) is 22.6 Å². The molecule has 3 aromatic carbocycles. The van der Waals surface area contributed by atoms with Gasteiger partial charge in [-0.2, -0.15) is 0 Å². The number of rotatable bonds is 3. The van der Waals surface area contributed by atoms with Crippen LogP contribution >= 0.6 is 0 Å². The number of anilines is 1. The lowest BCUT2D eigenvalue weighted by Crippen LogP contribution is -2.11. The van der Waals surface area contributed by atoms with Crippen molar-refractivity contribution in [3.63, 3.8) is 0 Å². The Balaban J connectivity index is 1.58. The number of amides is 1. The SMILES string of the molecule is Cc1cccc(C(=O)Nc2ccc3oc(-c4ccc(C(C)(C)C)cc4)nc3c2)c1. The summed E-state index contributed by atoms with van der Waals surface area (Å²) in [5.41, 5.74) is 6.06. The molecule has 1 amide bonds. The number of carbonyl (C=O) groups is 1. The van der Waals surface area contributed by atoms with E-state index in [1.807, 2.05) is 55.5 Å². The van der Waals surface area contributed by atoms with Crippen molar-refractivity contribution < 1.29 is 9.21 Å². The van der Waals surface area contributed by atoms with E-state index in [1.54, 1.807) is 6.07 Å². The molecule has 0 aliphatic rings. The number of fused-ring (bicyclic) bond motifs is 1.